The van der Waals surface area contributed by atoms with Crippen molar-refractivity contribution < 1.29 is 22.7 Å². The van der Waals surface area contributed by atoms with Crippen LogP contribution in [0.1, 0.15) is 18.1 Å². The first-order valence-electron chi connectivity index (χ1n) is 11.2. The molecular weight excluding hydrogens is 532 g/mol. The van der Waals surface area contributed by atoms with E-state index >= 15 is 0 Å². The molecule has 0 spiro atoms. The number of rotatable bonds is 11. The molecule has 35 heavy (non-hydrogen) atoms. The Labute approximate surface area is 215 Å². The van der Waals surface area contributed by atoms with Crippen LogP contribution in [0.5, 0.6) is 11.5 Å². The van der Waals surface area contributed by atoms with E-state index in [0.717, 1.165) is 25.7 Å². The maximum Gasteiger partial charge on any atom is 0.264 e. The summed E-state index contributed by atoms with van der Waals surface area (Å²) in [4.78, 5) is 12.8. The van der Waals surface area contributed by atoms with Gasteiger partial charge < -0.3 is 14.8 Å². The van der Waals surface area contributed by atoms with Crippen LogP contribution in [0.4, 0.5) is 5.69 Å². The Bertz CT molecular complexity index is 1250. The van der Waals surface area contributed by atoms with E-state index in [-0.39, 0.29) is 24.6 Å². The van der Waals surface area contributed by atoms with Crippen molar-refractivity contribution in [3.8, 4) is 11.5 Å². The fraction of sp³-hybridized carbons (Fsp3) is 0.269. The van der Waals surface area contributed by atoms with Crippen LogP contribution in [0.2, 0.25) is 0 Å². The zero-order chi connectivity index (χ0) is 25.4. The van der Waals surface area contributed by atoms with Gasteiger partial charge in [0.1, 0.15) is 24.7 Å². The minimum Gasteiger partial charge on any atom is -0.494 e. The second-order valence-electron chi connectivity index (χ2n) is 7.86. The standard InChI is InChI=1S/C26H29BrN2O5S/c1-4-33-23-11-9-22(10-12-23)29(35(31,32)24-13-7-21(27)8-14-24)18-26(30)28-15-16-34-25-17-19(2)5-6-20(25)3/h5-14,17H,4,15-16,18H2,1-3H3,(H,28,30). The molecule has 0 saturated heterocycles. The van der Waals surface area contributed by atoms with Crippen molar-refractivity contribution >= 4 is 37.5 Å². The fourth-order valence-corrected chi connectivity index (χ4v) is 5.01. The summed E-state index contributed by atoms with van der Waals surface area (Å²) in [5.41, 5.74) is 2.45. The summed E-state index contributed by atoms with van der Waals surface area (Å²) in [5, 5.41) is 2.75. The topological polar surface area (TPSA) is 84.9 Å². The molecule has 0 aliphatic rings. The van der Waals surface area contributed by atoms with Gasteiger partial charge in [0, 0.05) is 4.47 Å². The number of sulfonamides is 1. The van der Waals surface area contributed by atoms with Gasteiger partial charge in [0.2, 0.25) is 5.91 Å². The Balaban J connectivity index is 1.72. The minimum absolute atomic E-state index is 0.0839. The van der Waals surface area contributed by atoms with Crippen molar-refractivity contribution in [1.82, 2.24) is 5.32 Å². The van der Waals surface area contributed by atoms with Crippen LogP contribution in [0.25, 0.3) is 0 Å². The number of hydrogen-bond acceptors (Lipinski definition) is 5. The highest BCUT2D eigenvalue weighted by Gasteiger charge is 2.27. The highest BCUT2D eigenvalue weighted by atomic mass is 79.9. The lowest BCUT2D eigenvalue weighted by Crippen LogP contribution is -2.41. The SMILES string of the molecule is CCOc1ccc(N(CC(=O)NCCOc2cc(C)ccc2C)S(=O)(=O)c2ccc(Br)cc2)cc1. The van der Waals surface area contributed by atoms with Gasteiger partial charge in [0.05, 0.1) is 23.7 Å². The number of ether oxygens (including phenoxy) is 2. The number of nitrogens with one attached hydrogen (secondary N) is 1. The van der Waals surface area contributed by atoms with Gasteiger partial charge in [-0.3, -0.25) is 9.10 Å². The smallest absolute Gasteiger partial charge is 0.264 e. The second-order valence-corrected chi connectivity index (χ2v) is 10.6. The van der Waals surface area contributed by atoms with E-state index in [0.29, 0.717) is 18.0 Å². The maximum atomic E-state index is 13.4. The molecule has 0 aromatic heterocycles. The van der Waals surface area contributed by atoms with E-state index in [9.17, 15) is 13.2 Å². The van der Waals surface area contributed by atoms with Crippen molar-refractivity contribution in [2.75, 3.05) is 30.6 Å². The van der Waals surface area contributed by atoms with Gasteiger partial charge in [-0.25, -0.2) is 8.42 Å². The van der Waals surface area contributed by atoms with Gasteiger partial charge in [-0.15, -0.1) is 0 Å². The number of aryl methyl sites for hydroxylation is 2. The monoisotopic (exact) mass is 560 g/mol. The molecule has 1 amide bonds. The third-order valence-electron chi connectivity index (χ3n) is 5.15. The lowest BCUT2D eigenvalue weighted by atomic mass is 10.1. The number of carbonyl (C=O) groups is 1. The number of anilines is 1. The summed E-state index contributed by atoms with van der Waals surface area (Å²) in [6.45, 7) is 6.42. The number of benzene rings is 3. The summed E-state index contributed by atoms with van der Waals surface area (Å²) in [6, 6.07) is 18.8. The van der Waals surface area contributed by atoms with E-state index < -0.39 is 15.9 Å². The van der Waals surface area contributed by atoms with Crippen molar-refractivity contribution in [2.45, 2.75) is 25.7 Å². The van der Waals surface area contributed by atoms with Crippen LogP contribution in [-0.4, -0.2) is 40.6 Å². The molecule has 0 unspecified atom stereocenters. The van der Waals surface area contributed by atoms with Crippen LogP contribution in [0.3, 0.4) is 0 Å². The van der Waals surface area contributed by atoms with Gasteiger partial charge in [0.25, 0.3) is 10.0 Å². The summed E-state index contributed by atoms with van der Waals surface area (Å²) in [6.07, 6.45) is 0. The Hall–Kier alpha value is -3.04. The Kier molecular flexibility index (Phi) is 9.17. The van der Waals surface area contributed by atoms with Crippen molar-refractivity contribution in [3.63, 3.8) is 0 Å². The number of carbonyl (C=O) groups excluding carboxylic acids is 1. The normalized spacial score (nSPS) is 11.1. The van der Waals surface area contributed by atoms with E-state index in [2.05, 4.69) is 21.2 Å². The van der Waals surface area contributed by atoms with E-state index in [1.165, 1.54) is 12.1 Å². The molecule has 0 aliphatic carbocycles. The molecule has 0 aliphatic heterocycles. The summed E-state index contributed by atoms with van der Waals surface area (Å²) in [5.74, 6) is 0.933. The van der Waals surface area contributed by atoms with E-state index in [4.69, 9.17) is 9.47 Å². The van der Waals surface area contributed by atoms with E-state index in [1.807, 2.05) is 39.0 Å². The molecule has 186 valence electrons. The van der Waals surface area contributed by atoms with E-state index in [1.54, 1.807) is 36.4 Å². The van der Waals surface area contributed by atoms with Crippen LogP contribution in [0, 0.1) is 13.8 Å². The minimum atomic E-state index is -4.00. The number of amides is 1. The van der Waals surface area contributed by atoms with Crippen molar-refractivity contribution in [2.24, 2.45) is 0 Å². The fourth-order valence-electron chi connectivity index (χ4n) is 3.32. The quantitative estimate of drug-likeness (QED) is 0.339. The van der Waals surface area contributed by atoms with Crippen LogP contribution < -0.4 is 19.1 Å². The molecular formula is C26H29BrN2O5S. The molecule has 1 N–H and O–H groups in total. The van der Waals surface area contributed by atoms with Crippen LogP contribution in [0.15, 0.2) is 76.1 Å². The largest absolute Gasteiger partial charge is 0.494 e. The zero-order valence-corrected chi connectivity index (χ0v) is 22.4. The summed E-state index contributed by atoms with van der Waals surface area (Å²) >= 11 is 3.32. The summed E-state index contributed by atoms with van der Waals surface area (Å²) < 4.78 is 40.0. The van der Waals surface area contributed by atoms with Crippen molar-refractivity contribution in [1.29, 1.82) is 0 Å². The van der Waals surface area contributed by atoms with Gasteiger partial charge in [0.15, 0.2) is 0 Å². The van der Waals surface area contributed by atoms with Gasteiger partial charge in [-0.1, -0.05) is 28.1 Å². The molecule has 7 nitrogen and oxygen atoms in total. The first kappa shape index (κ1) is 26.6. The highest BCUT2D eigenvalue weighted by molar-refractivity contribution is 9.10. The lowest BCUT2D eigenvalue weighted by molar-refractivity contribution is -0.119. The average Bonchev–Trinajstić information content (AvgIpc) is 2.83. The molecule has 0 bridgehead atoms. The maximum absolute atomic E-state index is 13.4. The Morgan fingerprint density at radius 1 is 0.971 bits per heavy atom. The Morgan fingerprint density at radius 2 is 1.66 bits per heavy atom. The molecule has 3 rings (SSSR count). The van der Waals surface area contributed by atoms with Crippen molar-refractivity contribution in [3.05, 3.63) is 82.3 Å². The van der Waals surface area contributed by atoms with Gasteiger partial charge in [-0.2, -0.15) is 0 Å². The molecule has 0 radical (unpaired) electrons. The third-order valence-corrected chi connectivity index (χ3v) is 7.47. The van der Waals surface area contributed by atoms with Crippen LogP contribution >= 0.6 is 15.9 Å². The first-order valence-corrected chi connectivity index (χ1v) is 13.4. The summed E-state index contributed by atoms with van der Waals surface area (Å²) in [7, 11) is -4.00. The van der Waals surface area contributed by atoms with Crippen LogP contribution in [-0.2, 0) is 14.8 Å². The lowest BCUT2D eigenvalue weighted by Gasteiger charge is -2.24. The predicted octanol–water partition coefficient (Wildman–Crippen LogP) is 4.86. The number of nitrogens with zero attached hydrogens (tertiary/aromatic N) is 1. The number of halogens is 1. The molecule has 3 aromatic carbocycles. The third kappa shape index (κ3) is 7.22. The van der Waals surface area contributed by atoms with Gasteiger partial charge >= 0.3 is 0 Å². The molecule has 0 saturated carbocycles. The Morgan fingerprint density at radius 3 is 2.31 bits per heavy atom. The predicted molar refractivity (Wildman–Crippen MR) is 141 cm³/mol. The molecule has 9 heteroatoms. The highest BCUT2D eigenvalue weighted by Crippen LogP contribution is 2.26. The molecule has 0 fully saturated rings. The first-order chi connectivity index (χ1) is 16.7. The molecule has 0 heterocycles. The molecule has 0 atom stereocenters. The average molecular weight is 561 g/mol. The van der Waals surface area contributed by atoms with Gasteiger partial charge in [-0.05, 0) is 86.5 Å². The second kappa shape index (κ2) is 12.1. The molecule has 3 aromatic rings. The number of hydrogen-bond donors (Lipinski definition) is 1. The zero-order valence-electron chi connectivity index (χ0n) is 20.0.